The van der Waals surface area contributed by atoms with Crippen LogP contribution in [0.5, 0.6) is 5.75 Å². The van der Waals surface area contributed by atoms with Crippen LogP contribution < -0.4 is 20.9 Å². The van der Waals surface area contributed by atoms with Gasteiger partial charge in [-0.15, -0.1) is 0 Å². The largest absolute Gasteiger partial charge is 0.497 e. The molecular weight excluding hydrogens is 338 g/mol. The first-order valence-electron chi connectivity index (χ1n) is 7.55. The van der Waals surface area contributed by atoms with Crippen LogP contribution in [0.1, 0.15) is 0 Å². The van der Waals surface area contributed by atoms with E-state index in [2.05, 4.69) is 21.2 Å². The average Bonchev–Trinajstić information content (AvgIpc) is 3.03. The number of methoxy groups -OCH3 is 1. The van der Waals surface area contributed by atoms with Crippen LogP contribution in [0, 0.1) is 0 Å². The Labute approximate surface area is 150 Å². The molecule has 3 N–H and O–H groups in total. The van der Waals surface area contributed by atoms with E-state index in [0.29, 0.717) is 5.75 Å². The van der Waals surface area contributed by atoms with Crippen LogP contribution in [-0.4, -0.2) is 27.7 Å². The number of thiocarbonyl (C=S) groups is 1. The molecule has 0 spiro atoms. The average molecular weight is 355 g/mol. The number of hydrogen-bond acceptors (Lipinski definition) is 4. The Hall–Kier alpha value is -3.13. The van der Waals surface area contributed by atoms with Crippen molar-refractivity contribution in [3.63, 3.8) is 0 Å². The molecule has 0 atom stereocenters. The van der Waals surface area contributed by atoms with Gasteiger partial charge >= 0.3 is 0 Å². The quantitative estimate of drug-likeness (QED) is 0.491. The van der Waals surface area contributed by atoms with Crippen LogP contribution in [0.15, 0.2) is 54.9 Å². The van der Waals surface area contributed by atoms with E-state index in [1.165, 1.54) is 0 Å². The molecule has 25 heavy (non-hydrogen) atoms. The number of aromatic nitrogens is 2. The number of hydrogen-bond donors (Lipinski definition) is 3. The molecular formula is C17H17N5O2S. The molecule has 0 radical (unpaired) electrons. The van der Waals surface area contributed by atoms with E-state index in [-0.39, 0.29) is 17.6 Å². The fraction of sp³-hybridized carbons (Fsp3) is 0.118. The molecule has 2 aromatic carbocycles. The third kappa shape index (κ3) is 4.24. The first kappa shape index (κ1) is 16.7. The molecule has 0 unspecified atom stereocenters. The lowest BCUT2D eigenvalue weighted by atomic mass is 10.3. The van der Waals surface area contributed by atoms with Crippen molar-refractivity contribution >= 4 is 40.0 Å². The highest BCUT2D eigenvalue weighted by Gasteiger charge is 2.07. The second-order valence-electron chi connectivity index (χ2n) is 5.22. The summed E-state index contributed by atoms with van der Waals surface area (Å²) in [7, 11) is 1.59. The standard InChI is InChI=1S/C17H17N5O2S/c1-24-13-6-4-5-12(9-13)19-17(25)21-20-16(23)10-22-11-18-14-7-2-3-8-15(14)22/h2-9,11H,10H2,1H3,(H,20,23)(H2,19,21,25). The number of amides is 1. The second kappa shape index (κ2) is 7.63. The van der Waals surface area contributed by atoms with Gasteiger partial charge in [0.2, 0.25) is 0 Å². The molecule has 1 heterocycles. The summed E-state index contributed by atoms with van der Waals surface area (Å²) in [6.07, 6.45) is 1.64. The Bertz CT molecular complexity index is 909. The van der Waals surface area contributed by atoms with Crippen LogP contribution in [0.4, 0.5) is 5.69 Å². The monoisotopic (exact) mass is 355 g/mol. The molecule has 0 saturated carbocycles. The SMILES string of the molecule is COc1cccc(NC(=S)NNC(=O)Cn2cnc3ccccc32)c1. The summed E-state index contributed by atoms with van der Waals surface area (Å²) in [5, 5.41) is 3.24. The van der Waals surface area contributed by atoms with Crippen LogP contribution in [0.3, 0.4) is 0 Å². The summed E-state index contributed by atoms with van der Waals surface area (Å²) in [6.45, 7) is 0.134. The van der Waals surface area contributed by atoms with Crippen molar-refractivity contribution in [2.75, 3.05) is 12.4 Å². The lowest BCUT2D eigenvalue weighted by Crippen LogP contribution is -2.45. The number of anilines is 1. The maximum Gasteiger partial charge on any atom is 0.258 e. The Morgan fingerprint density at radius 1 is 1.20 bits per heavy atom. The van der Waals surface area contributed by atoms with Gasteiger partial charge in [-0.25, -0.2) is 4.98 Å². The molecule has 3 rings (SSSR count). The molecule has 0 bridgehead atoms. The van der Waals surface area contributed by atoms with Crippen molar-refractivity contribution in [3.05, 3.63) is 54.9 Å². The number of rotatable bonds is 4. The number of benzene rings is 2. The van der Waals surface area contributed by atoms with Gasteiger partial charge in [0.15, 0.2) is 5.11 Å². The summed E-state index contributed by atoms with van der Waals surface area (Å²) in [4.78, 5) is 16.3. The molecule has 1 aromatic heterocycles. The topological polar surface area (TPSA) is 80.2 Å². The molecule has 0 aliphatic heterocycles. The Kier molecular flexibility index (Phi) is 5.10. The van der Waals surface area contributed by atoms with Gasteiger partial charge in [-0.1, -0.05) is 18.2 Å². The normalized spacial score (nSPS) is 10.3. The Morgan fingerprint density at radius 3 is 2.88 bits per heavy atom. The first-order chi connectivity index (χ1) is 12.2. The Balaban J connectivity index is 1.52. The van der Waals surface area contributed by atoms with Crippen LogP contribution in [0.2, 0.25) is 0 Å². The number of fused-ring (bicyclic) bond motifs is 1. The van der Waals surface area contributed by atoms with E-state index >= 15 is 0 Å². The van der Waals surface area contributed by atoms with Crippen molar-refractivity contribution in [2.45, 2.75) is 6.54 Å². The van der Waals surface area contributed by atoms with E-state index in [0.717, 1.165) is 16.7 Å². The minimum atomic E-state index is -0.238. The van der Waals surface area contributed by atoms with Crippen molar-refractivity contribution in [2.24, 2.45) is 0 Å². The van der Waals surface area contributed by atoms with E-state index in [9.17, 15) is 4.79 Å². The van der Waals surface area contributed by atoms with Gasteiger partial charge in [0, 0.05) is 11.8 Å². The number of ether oxygens (including phenoxy) is 1. The zero-order valence-electron chi connectivity index (χ0n) is 13.5. The van der Waals surface area contributed by atoms with E-state index in [1.54, 1.807) is 24.1 Å². The minimum Gasteiger partial charge on any atom is -0.497 e. The molecule has 0 saturated heterocycles. The second-order valence-corrected chi connectivity index (χ2v) is 5.63. The number of imidazole rings is 1. The zero-order chi connectivity index (χ0) is 17.6. The van der Waals surface area contributed by atoms with Crippen molar-refractivity contribution in [1.82, 2.24) is 20.4 Å². The van der Waals surface area contributed by atoms with Gasteiger partial charge in [0.25, 0.3) is 5.91 Å². The number of hydrazine groups is 1. The maximum atomic E-state index is 12.1. The van der Waals surface area contributed by atoms with Gasteiger partial charge in [-0.3, -0.25) is 15.6 Å². The van der Waals surface area contributed by atoms with Crippen molar-refractivity contribution < 1.29 is 9.53 Å². The zero-order valence-corrected chi connectivity index (χ0v) is 14.3. The number of nitrogens with one attached hydrogen (secondary N) is 3. The smallest absolute Gasteiger partial charge is 0.258 e. The molecule has 7 nitrogen and oxygen atoms in total. The molecule has 0 aliphatic carbocycles. The summed E-state index contributed by atoms with van der Waals surface area (Å²) in [5.74, 6) is 0.474. The first-order valence-corrected chi connectivity index (χ1v) is 7.96. The molecule has 1 amide bonds. The predicted octanol–water partition coefficient (Wildman–Crippen LogP) is 2.06. The highest BCUT2D eigenvalue weighted by atomic mass is 32.1. The molecule has 0 fully saturated rings. The highest BCUT2D eigenvalue weighted by molar-refractivity contribution is 7.80. The van der Waals surface area contributed by atoms with Gasteiger partial charge in [-0.2, -0.15) is 0 Å². The van der Waals surface area contributed by atoms with E-state index in [4.69, 9.17) is 17.0 Å². The van der Waals surface area contributed by atoms with Gasteiger partial charge in [0.05, 0.1) is 24.5 Å². The van der Waals surface area contributed by atoms with E-state index in [1.807, 2.05) is 42.5 Å². The summed E-state index contributed by atoms with van der Waals surface area (Å²) in [6, 6.07) is 14.9. The molecule has 3 aromatic rings. The van der Waals surface area contributed by atoms with Gasteiger partial charge in [0.1, 0.15) is 12.3 Å². The lowest BCUT2D eigenvalue weighted by Gasteiger charge is -2.12. The van der Waals surface area contributed by atoms with Gasteiger partial charge < -0.3 is 14.6 Å². The number of carbonyl (C=O) groups excluding carboxylic acids is 1. The molecule has 0 aliphatic rings. The molecule has 8 heteroatoms. The fourth-order valence-corrected chi connectivity index (χ4v) is 2.49. The summed E-state index contributed by atoms with van der Waals surface area (Å²) in [5.41, 5.74) is 7.74. The van der Waals surface area contributed by atoms with Crippen LogP contribution in [0.25, 0.3) is 11.0 Å². The summed E-state index contributed by atoms with van der Waals surface area (Å²) < 4.78 is 6.92. The van der Waals surface area contributed by atoms with Crippen molar-refractivity contribution in [3.8, 4) is 5.75 Å². The Morgan fingerprint density at radius 2 is 2.04 bits per heavy atom. The van der Waals surface area contributed by atoms with Gasteiger partial charge in [-0.05, 0) is 36.5 Å². The van der Waals surface area contributed by atoms with Crippen LogP contribution in [-0.2, 0) is 11.3 Å². The summed E-state index contributed by atoms with van der Waals surface area (Å²) >= 11 is 5.16. The van der Waals surface area contributed by atoms with E-state index < -0.39 is 0 Å². The fourth-order valence-electron chi connectivity index (χ4n) is 2.32. The maximum absolute atomic E-state index is 12.1. The third-order valence-corrected chi connectivity index (χ3v) is 3.69. The van der Waals surface area contributed by atoms with Crippen LogP contribution >= 0.6 is 12.2 Å². The number of nitrogens with zero attached hydrogens (tertiary/aromatic N) is 2. The number of carbonyl (C=O) groups is 1. The molecule has 128 valence electrons. The minimum absolute atomic E-state index is 0.134. The van der Waals surface area contributed by atoms with Crippen molar-refractivity contribution in [1.29, 1.82) is 0 Å². The lowest BCUT2D eigenvalue weighted by molar-refractivity contribution is -0.122. The predicted molar refractivity (Wildman–Crippen MR) is 100 cm³/mol. The third-order valence-electron chi connectivity index (χ3n) is 3.48. The highest BCUT2D eigenvalue weighted by Crippen LogP contribution is 2.16. The number of para-hydroxylation sites is 2.